The molecule has 0 aliphatic carbocycles. The fourth-order valence-electron chi connectivity index (χ4n) is 2.21. The predicted octanol–water partition coefficient (Wildman–Crippen LogP) is 3.10. The van der Waals surface area contributed by atoms with Crippen LogP contribution in [-0.4, -0.2) is 29.4 Å². The molecule has 0 saturated carbocycles. The Morgan fingerprint density at radius 2 is 1.90 bits per heavy atom. The summed E-state index contributed by atoms with van der Waals surface area (Å²) in [5, 5.41) is 6.08. The Morgan fingerprint density at radius 1 is 1.19 bits per heavy atom. The maximum absolute atomic E-state index is 11.3. The number of nitrogens with one attached hydrogen (secondary N) is 1. The van der Waals surface area contributed by atoms with Crippen LogP contribution >= 0.6 is 0 Å². The van der Waals surface area contributed by atoms with E-state index in [1.54, 1.807) is 13.4 Å². The van der Waals surface area contributed by atoms with E-state index >= 15 is 0 Å². The lowest BCUT2D eigenvalue weighted by atomic mass is 10.1. The predicted molar refractivity (Wildman–Crippen MR) is 90.4 cm³/mol. The first-order chi connectivity index (χ1) is 10.1. The Kier molecular flexibility index (Phi) is 5.76. The minimum absolute atomic E-state index is 0.251. The molecule has 2 aromatic carbocycles. The quantitative estimate of drug-likeness (QED) is 0.799. The van der Waals surface area contributed by atoms with Crippen LogP contribution in [0.25, 0.3) is 10.8 Å². The van der Waals surface area contributed by atoms with Crippen LogP contribution in [0.5, 0.6) is 5.75 Å². The van der Waals surface area contributed by atoms with Gasteiger partial charge in [0.2, 0.25) is 0 Å². The van der Waals surface area contributed by atoms with Crippen molar-refractivity contribution in [3.8, 4) is 5.75 Å². The number of rotatable bonds is 7. The Balaban J connectivity index is 1.92. The molecular weight excluding hydrogens is 282 g/mol. The van der Waals surface area contributed by atoms with Gasteiger partial charge in [-0.3, -0.25) is 4.21 Å². The fourth-order valence-corrected chi connectivity index (χ4v) is 2.66. The van der Waals surface area contributed by atoms with Crippen molar-refractivity contribution in [3.05, 3.63) is 42.0 Å². The maximum Gasteiger partial charge on any atom is 0.119 e. The summed E-state index contributed by atoms with van der Waals surface area (Å²) >= 11 is 0. The summed E-state index contributed by atoms with van der Waals surface area (Å²) in [5.41, 5.74) is 1.26. The van der Waals surface area contributed by atoms with Crippen LogP contribution in [0.3, 0.4) is 0 Å². The fraction of sp³-hybridized carbons (Fsp3) is 0.412. The van der Waals surface area contributed by atoms with E-state index in [2.05, 4.69) is 29.6 Å². The van der Waals surface area contributed by atoms with Crippen LogP contribution in [0, 0.1) is 0 Å². The lowest BCUT2D eigenvalue weighted by Crippen LogP contribution is -2.20. The van der Waals surface area contributed by atoms with E-state index in [-0.39, 0.29) is 5.25 Å². The summed E-state index contributed by atoms with van der Waals surface area (Å²) in [7, 11) is 0.952. The molecule has 0 aromatic heterocycles. The average molecular weight is 305 g/mol. The van der Waals surface area contributed by atoms with Crippen molar-refractivity contribution in [2.75, 3.05) is 19.9 Å². The second-order valence-electron chi connectivity index (χ2n) is 5.32. The molecule has 114 valence electrons. The monoisotopic (exact) mass is 305 g/mol. The first kappa shape index (κ1) is 16.0. The van der Waals surface area contributed by atoms with Crippen LogP contribution in [0.15, 0.2) is 36.4 Å². The first-order valence-electron chi connectivity index (χ1n) is 7.20. The van der Waals surface area contributed by atoms with Crippen molar-refractivity contribution in [1.82, 2.24) is 5.32 Å². The summed E-state index contributed by atoms with van der Waals surface area (Å²) in [6.07, 6.45) is 2.70. The molecule has 0 spiro atoms. The molecule has 3 nitrogen and oxygen atoms in total. The minimum Gasteiger partial charge on any atom is -0.497 e. The second kappa shape index (κ2) is 7.57. The highest BCUT2D eigenvalue weighted by atomic mass is 32.2. The van der Waals surface area contributed by atoms with Gasteiger partial charge in [-0.15, -0.1) is 0 Å². The minimum atomic E-state index is -0.732. The Bertz CT molecular complexity index is 627. The van der Waals surface area contributed by atoms with Gasteiger partial charge >= 0.3 is 0 Å². The van der Waals surface area contributed by atoms with Crippen LogP contribution in [0.1, 0.15) is 18.9 Å². The van der Waals surface area contributed by atoms with E-state index in [1.165, 1.54) is 16.3 Å². The molecule has 2 aromatic rings. The highest BCUT2D eigenvalue weighted by molar-refractivity contribution is 7.84. The third kappa shape index (κ3) is 4.55. The Hall–Kier alpha value is -1.39. The van der Waals surface area contributed by atoms with Crippen LogP contribution in [0.2, 0.25) is 0 Å². The van der Waals surface area contributed by atoms with Crippen molar-refractivity contribution >= 4 is 21.6 Å². The van der Waals surface area contributed by atoms with Crippen molar-refractivity contribution in [3.63, 3.8) is 0 Å². The van der Waals surface area contributed by atoms with Gasteiger partial charge in [0.05, 0.1) is 7.11 Å². The standard InChI is InChI=1S/C17H23NO2S/c1-13(21(3)19)8-9-18-12-14-4-5-16-11-17(20-2)7-6-15(16)10-14/h4-7,10-11,13,18H,8-9,12H2,1-3H3. The number of ether oxygens (including phenoxy) is 1. The summed E-state index contributed by atoms with van der Waals surface area (Å²) in [4.78, 5) is 0. The molecule has 0 heterocycles. The third-order valence-corrected chi connectivity index (χ3v) is 5.10. The highest BCUT2D eigenvalue weighted by Crippen LogP contribution is 2.21. The topological polar surface area (TPSA) is 38.3 Å². The molecule has 1 N–H and O–H groups in total. The smallest absolute Gasteiger partial charge is 0.119 e. The molecule has 0 amide bonds. The van der Waals surface area contributed by atoms with E-state index in [1.807, 2.05) is 19.1 Å². The summed E-state index contributed by atoms with van der Waals surface area (Å²) < 4.78 is 16.5. The van der Waals surface area contributed by atoms with E-state index < -0.39 is 10.8 Å². The zero-order chi connectivity index (χ0) is 15.2. The average Bonchev–Trinajstić information content (AvgIpc) is 2.50. The molecule has 0 bridgehead atoms. The van der Waals surface area contributed by atoms with Crippen molar-refractivity contribution in [2.45, 2.75) is 25.1 Å². The van der Waals surface area contributed by atoms with Crippen molar-refractivity contribution < 1.29 is 8.95 Å². The van der Waals surface area contributed by atoms with Gasteiger partial charge in [-0.1, -0.05) is 25.1 Å². The van der Waals surface area contributed by atoms with E-state index in [9.17, 15) is 4.21 Å². The first-order valence-corrected chi connectivity index (χ1v) is 8.82. The maximum atomic E-state index is 11.3. The molecular formula is C17H23NO2S. The molecule has 0 saturated heterocycles. The zero-order valence-electron chi connectivity index (χ0n) is 12.9. The van der Waals surface area contributed by atoms with E-state index in [0.29, 0.717) is 0 Å². The molecule has 2 atom stereocenters. The van der Waals surface area contributed by atoms with Gasteiger partial charge in [0.15, 0.2) is 0 Å². The van der Waals surface area contributed by atoms with Crippen LogP contribution in [-0.2, 0) is 17.3 Å². The lowest BCUT2D eigenvalue weighted by molar-refractivity contribution is 0.415. The van der Waals surface area contributed by atoms with Gasteiger partial charge in [-0.2, -0.15) is 0 Å². The SMILES string of the molecule is COc1ccc2cc(CNCCC(C)S(C)=O)ccc2c1. The van der Waals surface area contributed by atoms with Gasteiger partial charge in [-0.25, -0.2) is 0 Å². The van der Waals surface area contributed by atoms with E-state index in [0.717, 1.165) is 25.3 Å². The van der Waals surface area contributed by atoms with Crippen LogP contribution in [0.4, 0.5) is 0 Å². The molecule has 0 aliphatic rings. The molecule has 21 heavy (non-hydrogen) atoms. The molecule has 0 fully saturated rings. The van der Waals surface area contributed by atoms with Gasteiger partial charge in [0.1, 0.15) is 5.75 Å². The molecule has 4 heteroatoms. The van der Waals surface area contributed by atoms with Crippen molar-refractivity contribution in [1.29, 1.82) is 0 Å². The third-order valence-electron chi connectivity index (χ3n) is 3.74. The van der Waals surface area contributed by atoms with Crippen LogP contribution < -0.4 is 10.1 Å². The number of hydrogen-bond acceptors (Lipinski definition) is 3. The Labute approximate surface area is 129 Å². The van der Waals surface area contributed by atoms with Gasteiger partial charge in [0, 0.05) is 28.9 Å². The summed E-state index contributed by atoms with van der Waals surface area (Å²) in [5.74, 6) is 0.884. The normalized spacial score (nSPS) is 14.0. The second-order valence-corrected chi connectivity index (χ2v) is 7.12. The lowest BCUT2D eigenvalue weighted by Gasteiger charge is -2.10. The number of fused-ring (bicyclic) bond motifs is 1. The van der Waals surface area contributed by atoms with Gasteiger partial charge < -0.3 is 10.1 Å². The number of hydrogen-bond donors (Lipinski definition) is 1. The van der Waals surface area contributed by atoms with Gasteiger partial charge in [-0.05, 0) is 47.5 Å². The van der Waals surface area contributed by atoms with Gasteiger partial charge in [0.25, 0.3) is 0 Å². The summed E-state index contributed by atoms with van der Waals surface area (Å²) in [6, 6.07) is 12.6. The molecule has 0 radical (unpaired) electrons. The number of methoxy groups -OCH3 is 1. The molecule has 2 rings (SSSR count). The highest BCUT2D eigenvalue weighted by Gasteiger charge is 2.05. The van der Waals surface area contributed by atoms with E-state index in [4.69, 9.17) is 4.74 Å². The number of benzene rings is 2. The summed E-state index contributed by atoms with van der Waals surface area (Å²) in [6.45, 7) is 3.76. The van der Waals surface area contributed by atoms with Crippen molar-refractivity contribution in [2.24, 2.45) is 0 Å². The molecule has 0 aliphatic heterocycles. The Morgan fingerprint density at radius 3 is 2.62 bits per heavy atom. The zero-order valence-corrected chi connectivity index (χ0v) is 13.7. The molecule has 2 unspecified atom stereocenters. The largest absolute Gasteiger partial charge is 0.497 e.